The van der Waals surface area contributed by atoms with Crippen LogP contribution in [0.2, 0.25) is 0 Å². The molecule has 0 spiro atoms. The number of hydrogen-bond donors (Lipinski definition) is 3. The van der Waals surface area contributed by atoms with Gasteiger partial charge in [-0.15, -0.1) is 0 Å². The van der Waals surface area contributed by atoms with Crippen LogP contribution in [0.3, 0.4) is 0 Å². The van der Waals surface area contributed by atoms with Crippen molar-refractivity contribution in [1.29, 1.82) is 0 Å². The molecule has 0 saturated carbocycles. The fraction of sp³-hybridized carbons (Fsp3) is 0.750. The summed E-state index contributed by atoms with van der Waals surface area (Å²) >= 11 is 0. The Labute approximate surface area is 80.5 Å². The Hall–Kier alpha value is -1.30. The molecule has 78 valence electrons. The van der Waals surface area contributed by atoms with E-state index in [1.54, 1.807) is 0 Å². The Bertz CT molecular complexity index is 241. The first-order valence-corrected chi connectivity index (χ1v) is 4.54. The standard InChI is InChI=1S/C8H12N2O4/c11-7(12)5-1-4-2-10(8(13)14)3-6(4)9-5/h4-6,9H,1-3H2,(H,11,12)(H,13,14). The lowest BCUT2D eigenvalue weighted by Gasteiger charge is -2.14. The Balaban J connectivity index is 1.96. The van der Waals surface area contributed by atoms with Gasteiger partial charge in [0.2, 0.25) is 0 Å². The van der Waals surface area contributed by atoms with Crippen LogP contribution in [0.5, 0.6) is 0 Å². The van der Waals surface area contributed by atoms with Crippen LogP contribution < -0.4 is 5.32 Å². The second-order valence-corrected chi connectivity index (χ2v) is 3.85. The summed E-state index contributed by atoms with van der Waals surface area (Å²) in [6, 6.07) is -0.479. The second kappa shape index (κ2) is 3.13. The summed E-state index contributed by atoms with van der Waals surface area (Å²) in [5, 5.41) is 20.4. The number of carbonyl (C=O) groups is 2. The van der Waals surface area contributed by atoms with Crippen LogP contribution in [-0.4, -0.2) is 52.3 Å². The third-order valence-electron chi connectivity index (χ3n) is 2.96. The summed E-state index contributed by atoms with van der Waals surface area (Å²) < 4.78 is 0. The van der Waals surface area contributed by atoms with Crippen molar-refractivity contribution in [2.24, 2.45) is 5.92 Å². The minimum atomic E-state index is -0.923. The number of nitrogens with one attached hydrogen (secondary N) is 1. The number of hydrogen-bond acceptors (Lipinski definition) is 3. The number of rotatable bonds is 1. The minimum absolute atomic E-state index is 0.0206. The third-order valence-corrected chi connectivity index (χ3v) is 2.96. The highest BCUT2D eigenvalue weighted by Gasteiger charge is 2.44. The number of fused-ring (bicyclic) bond motifs is 1. The van der Waals surface area contributed by atoms with Gasteiger partial charge in [0.1, 0.15) is 6.04 Å². The molecular formula is C8H12N2O4. The Kier molecular flexibility index (Phi) is 2.07. The van der Waals surface area contributed by atoms with E-state index < -0.39 is 18.1 Å². The number of aliphatic carboxylic acids is 1. The normalized spacial score (nSPS) is 35.7. The summed E-state index contributed by atoms with van der Waals surface area (Å²) in [5.74, 6) is -0.687. The lowest BCUT2D eigenvalue weighted by atomic mass is 10.0. The van der Waals surface area contributed by atoms with Gasteiger partial charge in [-0.2, -0.15) is 0 Å². The predicted octanol–water partition coefficient (Wildman–Crippen LogP) is -0.589. The first-order valence-electron chi connectivity index (χ1n) is 4.54. The molecule has 3 unspecified atom stereocenters. The van der Waals surface area contributed by atoms with Crippen molar-refractivity contribution in [2.75, 3.05) is 13.1 Å². The van der Waals surface area contributed by atoms with Gasteiger partial charge in [0.25, 0.3) is 0 Å². The maximum Gasteiger partial charge on any atom is 0.407 e. The van der Waals surface area contributed by atoms with E-state index in [2.05, 4.69) is 5.32 Å². The Morgan fingerprint density at radius 3 is 2.50 bits per heavy atom. The second-order valence-electron chi connectivity index (χ2n) is 3.85. The van der Waals surface area contributed by atoms with E-state index in [1.807, 2.05) is 0 Å². The van der Waals surface area contributed by atoms with Gasteiger partial charge in [0.05, 0.1) is 0 Å². The molecular weight excluding hydrogens is 188 g/mol. The lowest BCUT2D eigenvalue weighted by Crippen LogP contribution is -2.40. The first-order chi connectivity index (χ1) is 6.58. The molecule has 0 bridgehead atoms. The van der Waals surface area contributed by atoms with E-state index in [1.165, 1.54) is 4.90 Å². The SMILES string of the molecule is O=C(O)C1CC2CN(C(=O)O)CC2N1. The van der Waals surface area contributed by atoms with Gasteiger partial charge in [-0.25, -0.2) is 4.79 Å². The monoisotopic (exact) mass is 200 g/mol. The molecule has 0 radical (unpaired) electrons. The molecule has 2 aliphatic heterocycles. The molecule has 2 rings (SSSR count). The number of carboxylic acids is 1. The smallest absolute Gasteiger partial charge is 0.407 e. The average Bonchev–Trinajstić information content (AvgIpc) is 2.57. The van der Waals surface area contributed by atoms with Gasteiger partial charge in [0, 0.05) is 19.1 Å². The van der Waals surface area contributed by atoms with Crippen molar-refractivity contribution in [3.63, 3.8) is 0 Å². The zero-order valence-electron chi connectivity index (χ0n) is 7.51. The van der Waals surface area contributed by atoms with E-state index in [9.17, 15) is 9.59 Å². The van der Waals surface area contributed by atoms with Gasteiger partial charge >= 0.3 is 12.1 Å². The maximum absolute atomic E-state index is 10.7. The van der Waals surface area contributed by atoms with Crippen LogP contribution in [0.25, 0.3) is 0 Å². The van der Waals surface area contributed by atoms with Gasteiger partial charge in [0.15, 0.2) is 0 Å². The van der Waals surface area contributed by atoms with Crippen LogP contribution in [0.1, 0.15) is 6.42 Å². The number of amides is 1. The van der Waals surface area contributed by atoms with Gasteiger partial charge in [-0.3, -0.25) is 10.1 Å². The van der Waals surface area contributed by atoms with E-state index >= 15 is 0 Å². The highest BCUT2D eigenvalue weighted by molar-refractivity contribution is 5.74. The lowest BCUT2D eigenvalue weighted by molar-refractivity contribution is -0.139. The summed E-state index contributed by atoms with van der Waals surface area (Å²) in [5.41, 5.74) is 0. The molecule has 0 aromatic rings. The molecule has 2 heterocycles. The van der Waals surface area contributed by atoms with Crippen LogP contribution in [0.4, 0.5) is 4.79 Å². The highest BCUT2D eigenvalue weighted by Crippen LogP contribution is 2.28. The fourth-order valence-electron chi connectivity index (χ4n) is 2.26. The molecule has 3 atom stereocenters. The Morgan fingerprint density at radius 1 is 1.29 bits per heavy atom. The van der Waals surface area contributed by atoms with Crippen molar-refractivity contribution in [3.05, 3.63) is 0 Å². The number of carboxylic acid groups (broad SMARTS) is 2. The molecule has 6 heteroatoms. The third kappa shape index (κ3) is 1.41. The van der Waals surface area contributed by atoms with Crippen LogP contribution >= 0.6 is 0 Å². The Morgan fingerprint density at radius 2 is 2.00 bits per heavy atom. The minimum Gasteiger partial charge on any atom is -0.480 e. The van der Waals surface area contributed by atoms with E-state index in [4.69, 9.17) is 10.2 Å². The summed E-state index contributed by atoms with van der Waals surface area (Å²) in [7, 11) is 0. The molecule has 2 saturated heterocycles. The van der Waals surface area contributed by atoms with Crippen molar-refractivity contribution < 1.29 is 19.8 Å². The molecule has 6 nitrogen and oxygen atoms in total. The highest BCUT2D eigenvalue weighted by atomic mass is 16.4. The van der Waals surface area contributed by atoms with Gasteiger partial charge in [-0.1, -0.05) is 0 Å². The van der Waals surface area contributed by atoms with Gasteiger partial charge < -0.3 is 15.1 Å². The van der Waals surface area contributed by atoms with E-state index in [0.717, 1.165) is 0 Å². The molecule has 0 aromatic heterocycles. The number of nitrogens with zero attached hydrogens (tertiary/aromatic N) is 1. The molecule has 2 fully saturated rings. The quantitative estimate of drug-likeness (QED) is 0.526. The van der Waals surface area contributed by atoms with Crippen molar-refractivity contribution in [1.82, 2.24) is 10.2 Å². The zero-order chi connectivity index (χ0) is 10.3. The first kappa shape index (κ1) is 9.26. The van der Waals surface area contributed by atoms with Crippen molar-refractivity contribution in [3.8, 4) is 0 Å². The van der Waals surface area contributed by atoms with Crippen molar-refractivity contribution >= 4 is 12.1 Å². The van der Waals surface area contributed by atoms with Crippen molar-refractivity contribution in [2.45, 2.75) is 18.5 Å². The topological polar surface area (TPSA) is 89.9 Å². The summed E-state index contributed by atoms with van der Waals surface area (Å²) in [6.07, 6.45) is -0.392. The predicted molar refractivity (Wildman–Crippen MR) is 46.1 cm³/mol. The van der Waals surface area contributed by atoms with E-state index in [-0.39, 0.29) is 12.0 Å². The maximum atomic E-state index is 10.7. The molecule has 2 aliphatic rings. The average molecular weight is 200 g/mol. The zero-order valence-corrected chi connectivity index (χ0v) is 7.51. The van der Waals surface area contributed by atoms with Crippen LogP contribution in [0, 0.1) is 5.92 Å². The summed E-state index contributed by atoms with van der Waals surface area (Å²) in [6.45, 7) is 0.862. The van der Waals surface area contributed by atoms with E-state index in [0.29, 0.717) is 19.5 Å². The largest absolute Gasteiger partial charge is 0.480 e. The van der Waals surface area contributed by atoms with Crippen LogP contribution in [0.15, 0.2) is 0 Å². The molecule has 14 heavy (non-hydrogen) atoms. The fourth-order valence-corrected chi connectivity index (χ4v) is 2.26. The van der Waals surface area contributed by atoms with Crippen LogP contribution in [-0.2, 0) is 4.79 Å². The molecule has 1 amide bonds. The molecule has 3 N–H and O–H groups in total. The van der Waals surface area contributed by atoms with Gasteiger partial charge in [-0.05, 0) is 12.3 Å². The number of likely N-dealkylation sites (tertiary alicyclic amines) is 1. The molecule has 0 aromatic carbocycles. The summed E-state index contributed by atoms with van der Waals surface area (Å²) in [4.78, 5) is 22.6. The molecule has 0 aliphatic carbocycles.